The van der Waals surface area contributed by atoms with Gasteiger partial charge in [0.25, 0.3) is 0 Å². The lowest BCUT2D eigenvalue weighted by atomic mass is 9.86. The molecule has 0 aliphatic rings. The van der Waals surface area contributed by atoms with Crippen molar-refractivity contribution in [2.75, 3.05) is 0 Å². The molecule has 62 valence electrons. The molecule has 0 radical (unpaired) electrons. The second kappa shape index (κ2) is 3.35. The summed E-state index contributed by atoms with van der Waals surface area (Å²) in [6.45, 7) is 7.56. The van der Waals surface area contributed by atoms with E-state index in [0.29, 0.717) is 6.42 Å². The Kier molecular flexibility index (Phi) is 3.33. The smallest absolute Gasteiger partial charge is 0.0613 e. The van der Waals surface area contributed by atoms with E-state index in [-0.39, 0.29) is 5.41 Å². The summed E-state index contributed by atoms with van der Waals surface area (Å²) in [5.41, 5.74) is -0.114. The summed E-state index contributed by atoms with van der Waals surface area (Å²) in [6, 6.07) is 0. The Morgan fingerprint density at radius 1 is 1.20 bits per heavy atom. The second-order valence-electron chi connectivity index (χ2n) is 3.97. The zero-order valence-electron chi connectivity index (χ0n) is 7.26. The van der Waals surface area contributed by atoms with Gasteiger partial charge in [-0.15, -0.1) is 0 Å². The van der Waals surface area contributed by atoms with Gasteiger partial charge in [-0.3, -0.25) is 0 Å². The van der Waals surface area contributed by atoms with Crippen LogP contribution in [0.2, 0.25) is 0 Å². The van der Waals surface area contributed by atoms with Crippen LogP contribution in [0.3, 0.4) is 0 Å². The fraction of sp³-hybridized carbons (Fsp3) is 1.00. The average molecular weight is 146 g/mol. The Morgan fingerprint density at radius 2 is 1.60 bits per heavy atom. The maximum Gasteiger partial charge on any atom is 0.0613 e. The highest BCUT2D eigenvalue weighted by molar-refractivity contribution is 4.73. The van der Waals surface area contributed by atoms with Crippen molar-refractivity contribution in [3.05, 3.63) is 0 Å². The first-order chi connectivity index (χ1) is 4.34. The van der Waals surface area contributed by atoms with Gasteiger partial charge in [0.05, 0.1) is 12.2 Å². The molecule has 0 saturated heterocycles. The van der Waals surface area contributed by atoms with Crippen molar-refractivity contribution in [3.63, 3.8) is 0 Å². The van der Waals surface area contributed by atoms with Crippen LogP contribution in [0.15, 0.2) is 0 Å². The fourth-order valence-corrected chi connectivity index (χ4v) is 0.677. The molecule has 0 aliphatic carbocycles. The van der Waals surface area contributed by atoms with Gasteiger partial charge in [-0.1, -0.05) is 20.8 Å². The van der Waals surface area contributed by atoms with Crippen LogP contribution in [-0.4, -0.2) is 22.4 Å². The highest BCUT2D eigenvalue weighted by Gasteiger charge is 2.22. The number of hydrogen-bond donors (Lipinski definition) is 2. The molecule has 2 nitrogen and oxygen atoms in total. The standard InChI is InChI=1S/C8H18O2/c1-6(9)5-7(10)8(2,3)4/h6-7,9-10H,5H2,1-4H3/t6-,7-/m1/s1. The van der Waals surface area contributed by atoms with Crippen LogP contribution in [0.25, 0.3) is 0 Å². The molecular formula is C8H18O2. The lowest BCUT2D eigenvalue weighted by Crippen LogP contribution is -2.29. The third-order valence-corrected chi connectivity index (χ3v) is 1.56. The maximum atomic E-state index is 9.40. The minimum atomic E-state index is -0.410. The molecule has 0 aromatic heterocycles. The van der Waals surface area contributed by atoms with E-state index in [4.69, 9.17) is 5.11 Å². The topological polar surface area (TPSA) is 40.5 Å². The monoisotopic (exact) mass is 146 g/mol. The van der Waals surface area contributed by atoms with Gasteiger partial charge in [0.15, 0.2) is 0 Å². The third-order valence-electron chi connectivity index (χ3n) is 1.56. The number of rotatable bonds is 2. The summed E-state index contributed by atoms with van der Waals surface area (Å²) in [4.78, 5) is 0. The molecule has 2 N–H and O–H groups in total. The van der Waals surface area contributed by atoms with Crippen molar-refractivity contribution in [1.82, 2.24) is 0 Å². The first-order valence-corrected chi connectivity index (χ1v) is 3.70. The van der Waals surface area contributed by atoms with Gasteiger partial charge in [0, 0.05) is 0 Å². The van der Waals surface area contributed by atoms with E-state index < -0.39 is 12.2 Å². The Balaban J connectivity index is 3.73. The molecule has 0 fully saturated rings. The zero-order chi connectivity index (χ0) is 8.36. The normalized spacial score (nSPS) is 18.6. The van der Waals surface area contributed by atoms with E-state index in [1.807, 2.05) is 20.8 Å². The van der Waals surface area contributed by atoms with Gasteiger partial charge >= 0.3 is 0 Å². The van der Waals surface area contributed by atoms with E-state index in [0.717, 1.165) is 0 Å². The molecule has 0 amide bonds. The molecule has 0 unspecified atom stereocenters. The van der Waals surface area contributed by atoms with E-state index >= 15 is 0 Å². The summed E-state index contributed by atoms with van der Waals surface area (Å²) < 4.78 is 0. The van der Waals surface area contributed by atoms with Crippen molar-refractivity contribution in [1.29, 1.82) is 0 Å². The van der Waals surface area contributed by atoms with Crippen LogP contribution in [0.4, 0.5) is 0 Å². The molecule has 0 saturated carbocycles. The molecule has 0 rings (SSSR count). The van der Waals surface area contributed by atoms with Gasteiger partial charge < -0.3 is 10.2 Å². The Labute approximate surface area is 62.9 Å². The predicted molar refractivity (Wildman–Crippen MR) is 41.8 cm³/mol. The van der Waals surface area contributed by atoms with Crippen LogP contribution >= 0.6 is 0 Å². The molecule has 0 heterocycles. The Morgan fingerprint density at radius 3 is 1.70 bits per heavy atom. The Hall–Kier alpha value is -0.0800. The van der Waals surface area contributed by atoms with E-state index in [9.17, 15) is 5.11 Å². The summed E-state index contributed by atoms with van der Waals surface area (Å²) in [5.74, 6) is 0. The molecule has 2 heteroatoms. The highest BCUT2D eigenvalue weighted by atomic mass is 16.3. The summed E-state index contributed by atoms with van der Waals surface area (Å²) in [6.07, 6.45) is -0.356. The van der Waals surface area contributed by atoms with Crippen LogP contribution in [-0.2, 0) is 0 Å². The van der Waals surface area contributed by atoms with Gasteiger partial charge in [0.2, 0.25) is 0 Å². The largest absolute Gasteiger partial charge is 0.393 e. The SMILES string of the molecule is C[C@@H](O)C[C@@H](O)C(C)(C)C. The van der Waals surface area contributed by atoms with Crippen molar-refractivity contribution < 1.29 is 10.2 Å². The summed E-state index contributed by atoms with van der Waals surface area (Å²) >= 11 is 0. The van der Waals surface area contributed by atoms with Crippen molar-refractivity contribution in [2.45, 2.75) is 46.3 Å². The van der Waals surface area contributed by atoms with Crippen LogP contribution in [0, 0.1) is 5.41 Å². The van der Waals surface area contributed by atoms with Crippen LogP contribution in [0.1, 0.15) is 34.1 Å². The number of aliphatic hydroxyl groups is 2. The third kappa shape index (κ3) is 3.85. The predicted octanol–water partition coefficient (Wildman–Crippen LogP) is 1.16. The average Bonchev–Trinajstić information content (AvgIpc) is 1.60. The van der Waals surface area contributed by atoms with Crippen molar-refractivity contribution in [2.24, 2.45) is 5.41 Å². The maximum absolute atomic E-state index is 9.40. The molecule has 0 aromatic carbocycles. The molecule has 2 atom stereocenters. The minimum Gasteiger partial charge on any atom is -0.393 e. The molecule has 0 bridgehead atoms. The second-order valence-corrected chi connectivity index (χ2v) is 3.97. The van der Waals surface area contributed by atoms with E-state index in [1.54, 1.807) is 6.92 Å². The summed E-state index contributed by atoms with van der Waals surface area (Å²) in [5, 5.41) is 18.3. The quantitative estimate of drug-likeness (QED) is 0.614. The van der Waals surface area contributed by atoms with E-state index in [2.05, 4.69) is 0 Å². The molecule has 0 aliphatic heterocycles. The lowest BCUT2D eigenvalue weighted by Gasteiger charge is -2.26. The lowest BCUT2D eigenvalue weighted by molar-refractivity contribution is 0.0188. The van der Waals surface area contributed by atoms with Crippen LogP contribution < -0.4 is 0 Å². The minimum absolute atomic E-state index is 0.114. The van der Waals surface area contributed by atoms with Gasteiger partial charge in [0.1, 0.15) is 0 Å². The first kappa shape index (κ1) is 9.92. The van der Waals surface area contributed by atoms with Crippen molar-refractivity contribution in [3.8, 4) is 0 Å². The molecule has 0 spiro atoms. The molecular weight excluding hydrogens is 128 g/mol. The van der Waals surface area contributed by atoms with Crippen LogP contribution in [0.5, 0.6) is 0 Å². The number of aliphatic hydroxyl groups excluding tert-OH is 2. The fourth-order valence-electron chi connectivity index (χ4n) is 0.677. The zero-order valence-corrected chi connectivity index (χ0v) is 7.26. The first-order valence-electron chi connectivity index (χ1n) is 3.70. The molecule has 10 heavy (non-hydrogen) atoms. The van der Waals surface area contributed by atoms with Gasteiger partial charge in [-0.05, 0) is 18.8 Å². The van der Waals surface area contributed by atoms with Crippen molar-refractivity contribution >= 4 is 0 Å². The summed E-state index contributed by atoms with van der Waals surface area (Å²) in [7, 11) is 0. The number of hydrogen-bond acceptors (Lipinski definition) is 2. The molecule has 0 aromatic rings. The van der Waals surface area contributed by atoms with E-state index in [1.165, 1.54) is 0 Å². The highest BCUT2D eigenvalue weighted by Crippen LogP contribution is 2.22. The van der Waals surface area contributed by atoms with Gasteiger partial charge in [-0.2, -0.15) is 0 Å². The Bertz CT molecular complexity index is 91.9. The van der Waals surface area contributed by atoms with Gasteiger partial charge in [-0.25, -0.2) is 0 Å².